The molecule has 0 radical (unpaired) electrons. The summed E-state index contributed by atoms with van der Waals surface area (Å²) in [4.78, 5) is 4.96. The maximum atomic E-state index is 6.03. The lowest BCUT2D eigenvalue weighted by Crippen LogP contribution is -2.48. The number of rotatable bonds is 8. The predicted molar refractivity (Wildman–Crippen MR) is 146 cm³/mol. The summed E-state index contributed by atoms with van der Waals surface area (Å²) in [5.74, 6) is 0. The topological polar surface area (TPSA) is 36.3 Å². The van der Waals surface area contributed by atoms with Crippen molar-refractivity contribution in [3.8, 4) is 16.9 Å². The molecule has 1 N–H and O–H groups in total. The fraction of sp³-hybridized carbons (Fsp3) is 0.276. The van der Waals surface area contributed by atoms with Crippen LogP contribution in [0.2, 0.25) is 5.02 Å². The molecule has 0 amide bonds. The summed E-state index contributed by atoms with van der Waals surface area (Å²) in [7, 11) is 0. The molecule has 3 aromatic carbocycles. The third kappa shape index (κ3) is 5.93. The van der Waals surface area contributed by atoms with E-state index in [-0.39, 0.29) is 0 Å². The van der Waals surface area contributed by atoms with E-state index in [4.69, 9.17) is 16.7 Å². The van der Waals surface area contributed by atoms with Crippen LogP contribution in [0.5, 0.6) is 0 Å². The number of aromatic nitrogens is 2. The predicted octanol–water partition coefficient (Wildman–Crippen LogP) is 5.41. The van der Waals surface area contributed by atoms with Gasteiger partial charge in [-0.2, -0.15) is 5.10 Å². The standard InChI is InChI=1S/C29H32ClN5/c1-23-7-9-24(10-8-23)29-21-26(32-35(29)28-5-3-2-4-6-28)22-31-15-16-33-17-19-34(20-18-33)27-13-11-25(30)12-14-27/h2-14,21,31H,15-20,22H2,1H3. The first-order valence-electron chi connectivity index (χ1n) is 12.3. The first-order valence-corrected chi connectivity index (χ1v) is 12.7. The summed E-state index contributed by atoms with van der Waals surface area (Å²) in [5, 5.41) is 9.33. The van der Waals surface area contributed by atoms with E-state index in [1.165, 1.54) is 16.8 Å². The fourth-order valence-corrected chi connectivity index (χ4v) is 4.67. The van der Waals surface area contributed by atoms with Crippen molar-refractivity contribution in [2.45, 2.75) is 13.5 Å². The van der Waals surface area contributed by atoms with Crippen LogP contribution in [0.4, 0.5) is 5.69 Å². The van der Waals surface area contributed by atoms with E-state index in [2.05, 4.69) is 93.5 Å². The highest BCUT2D eigenvalue weighted by molar-refractivity contribution is 6.30. The smallest absolute Gasteiger partial charge is 0.0773 e. The van der Waals surface area contributed by atoms with Crippen LogP contribution in [0.15, 0.2) is 84.9 Å². The van der Waals surface area contributed by atoms with Crippen molar-refractivity contribution in [1.29, 1.82) is 0 Å². The Morgan fingerprint density at radius 3 is 2.26 bits per heavy atom. The molecule has 6 heteroatoms. The summed E-state index contributed by atoms with van der Waals surface area (Å²) in [5.41, 5.74) is 6.94. The summed E-state index contributed by atoms with van der Waals surface area (Å²) >= 11 is 6.03. The van der Waals surface area contributed by atoms with Gasteiger partial charge in [-0.1, -0.05) is 59.6 Å². The Bertz CT molecular complexity index is 1210. The Hall–Kier alpha value is -3.12. The lowest BCUT2D eigenvalue weighted by atomic mass is 10.1. The van der Waals surface area contributed by atoms with Crippen molar-refractivity contribution in [3.05, 3.63) is 101 Å². The van der Waals surface area contributed by atoms with Gasteiger partial charge in [0.05, 0.1) is 17.1 Å². The van der Waals surface area contributed by atoms with Gasteiger partial charge in [0.15, 0.2) is 0 Å². The molecule has 0 saturated carbocycles. The molecule has 5 rings (SSSR count). The van der Waals surface area contributed by atoms with Crippen molar-refractivity contribution in [2.75, 3.05) is 44.2 Å². The van der Waals surface area contributed by atoms with Crippen LogP contribution < -0.4 is 10.2 Å². The molecular weight excluding hydrogens is 454 g/mol. The largest absolute Gasteiger partial charge is 0.369 e. The molecule has 0 unspecified atom stereocenters. The third-order valence-electron chi connectivity index (χ3n) is 6.58. The number of hydrogen-bond acceptors (Lipinski definition) is 4. The maximum absolute atomic E-state index is 6.03. The van der Waals surface area contributed by atoms with E-state index in [1.54, 1.807) is 0 Å². The molecule has 35 heavy (non-hydrogen) atoms. The van der Waals surface area contributed by atoms with E-state index in [1.807, 2.05) is 18.2 Å². The molecule has 180 valence electrons. The number of nitrogens with one attached hydrogen (secondary N) is 1. The molecule has 1 aliphatic heterocycles. The average Bonchev–Trinajstić information content (AvgIpc) is 3.33. The molecule has 1 aromatic heterocycles. The van der Waals surface area contributed by atoms with E-state index < -0.39 is 0 Å². The van der Waals surface area contributed by atoms with Crippen molar-refractivity contribution in [3.63, 3.8) is 0 Å². The number of hydrogen-bond donors (Lipinski definition) is 1. The van der Waals surface area contributed by atoms with Crippen LogP contribution in [0.3, 0.4) is 0 Å². The monoisotopic (exact) mass is 485 g/mol. The lowest BCUT2D eigenvalue weighted by molar-refractivity contribution is 0.257. The molecule has 0 atom stereocenters. The van der Waals surface area contributed by atoms with Gasteiger partial charge >= 0.3 is 0 Å². The Kier molecular flexibility index (Phi) is 7.48. The molecule has 1 aliphatic rings. The zero-order valence-electron chi connectivity index (χ0n) is 20.2. The van der Waals surface area contributed by atoms with E-state index in [9.17, 15) is 0 Å². The number of para-hydroxylation sites is 1. The lowest BCUT2D eigenvalue weighted by Gasteiger charge is -2.36. The Balaban J connectivity index is 1.16. The second-order valence-electron chi connectivity index (χ2n) is 9.12. The van der Waals surface area contributed by atoms with Gasteiger partial charge in [-0.3, -0.25) is 4.90 Å². The van der Waals surface area contributed by atoms with Gasteiger partial charge in [0.2, 0.25) is 0 Å². The first kappa shape index (κ1) is 23.6. The molecular formula is C29H32ClN5. The zero-order valence-corrected chi connectivity index (χ0v) is 21.0. The highest BCUT2D eigenvalue weighted by Crippen LogP contribution is 2.24. The fourth-order valence-electron chi connectivity index (χ4n) is 4.55. The Morgan fingerprint density at radius 2 is 1.54 bits per heavy atom. The van der Waals surface area contributed by atoms with Crippen molar-refractivity contribution < 1.29 is 0 Å². The molecule has 0 spiro atoms. The van der Waals surface area contributed by atoms with Crippen LogP contribution >= 0.6 is 11.6 Å². The number of halogens is 1. The minimum Gasteiger partial charge on any atom is -0.369 e. The van der Waals surface area contributed by atoms with Crippen LogP contribution in [-0.2, 0) is 6.54 Å². The molecule has 0 aliphatic carbocycles. The SMILES string of the molecule is Cc1ccc(-c2cc(CNCCN3CCN(c4ccc(Cl)cc4)CC3)nn2-c2ccccc2)cc1. The third-order valence-corrected chi connectivity index (χ3v) is 6.84. The van der Waals surface area contributed by atoms with Gasteiger partial charge < -0.3 is 10.2 Å². The van der Waals surface area contributed by atoms with Crippen LogP contribution in [0.1, 0.15) is 11.3 Å². The quantitative estimate of drug-likeness (QED) is 0.338. The van der Waals surface area contributed by atoms with Gasteiger partial charge in [0.25, 0.3) is 0 Å². The van der Waals surface area contributed by atoms with Crippen molar-refractivity contribution >= 4 is 17.3 Å². The minimum atomic E-state index is 0.753. The van der Waals surface area contributed by atoms with Crippen LogP contribution in [-0.4, -0.2) is 53.9 Å². The van der Waals surface area contributed by atoms with Gasteiger partial charge in [0.1, 0.15) is 0 Å². The number of nitrogens with zero attached hydrogens (tertiary/aromatic N) is 4. The average molecular weight is 486 g/mol. The Labute approximate surface area is 212 Å². The van der Waals surface area contributed by atoms with Gasteiger partial charge in [0, 0.05) is 62.1 Å². The van der Waals surface area contributed by atoms with Gasteiger partial charge in [-0.15, -0.1) is 0 Å². The molecule has 4 aromatic rings. The van der Waals surface area contributed by atoms with E-state index >= 15 is 0 Å². The van der Waals surface area contributed by atoms with Gasteiger partial charge in [-0.25, -0.2) is 4.68 Å². The number of benzene rings is 3. The van der Waals surface area contributed by atoms with Crippen LogP contribution in [0.25, 0.3) is 16.9 Å². The van der Waals surface area contributed by atoms with Crippen molar-refractivity contribution in [1.82, 2.24) is 20.0 Å². The molecule has 5 nitrogen and oxygen atoms in total. The molecule has 2 heterocycles. The second-order valence-corrected chi connectivity index (χ2v) is 9.55. The highest BCUT2D eigenvalue weighted by Gasteiger charge is 2.17. The molecule has 0 bridgehead atoms. The number of anilines is 1. The first-order chi connectivity index (χ1) is 17.2. The Morgan fingerprint density at radius 1 is 0.829 bits per heavy atom. The normalized spacial score (nSPS) is 14.4. The zero-order chi connectivity index (χ0) is 24.0. The van der Waals surface area contributed by atoms with Crippen molar-refractivity contribution in [2.24, 2.45) is 0 Å². The van der Waals surface area contributed by atoms with E-state index in [0.717, 1.165) is 67.9 Å². The number of piperazine rings is 1. The summed E-state index contributed by atoms with van der Waals surface area (Å²) in [6, 6.07) is 29.4. The second kappa shape index (κ2) is 11.1. The number of aryl methyl sites for hydroxylation is 1. The van der Waals surface area contributed by atoms with E-state index in [0.29, 0.717) is 0 Å². The maximum Gasteiger partial charge on any atom is 0.0773 e. The molecule has 1 fully saturated rings. The summed E-state index contributed by atoms with van der Waals surface area (Å²) in [6.07, 6.45) is 0. The highest BCUT2D eigenvalue weighted by atomic mass is 35.5. The summed E-state index contributed by atoms with van der Waals surface area (Å²) in [6.45, 7) is 9.09. The van der Waals surface area contributed by atoms with Crippen LogP contribution in [0, 0.1) is 6.92 Å². The minimum absolute atomic E-state index is 0.753. The van der Waals surface area contributed by atoms with Gasteiger partial charge in [-0.05, 0) is 49.4 Å². The molecule has 1 saturated heterocycles. The summed E-state index contributed by atoms with van der Waals surface area (Å²) < 4.78 is 2.05.